The van der Waals surface area contributed by atoms with Gasteiger partial charge < -0.3 is 19.1 Å². The zero-order valence-electron chi connectivity index (χ0n) is 16.3. The van der Waals surface area contributed by atoms with Gasteiger partial charge in [-0.2, -0.15) is 0 Å². The Labute approximate surface area is 165 Å². The van der Waals surface area contributed by atoms with Gasteiger partial charge in [0.1, 0.15) is 11.5 Å². The highest BCUT2D eigenvalue weighted by Gasteiger charge is 2.31. The monoisotopic (exact) mass is 407 g/mol. The van der Waals surface area contributed by atoms with Crippen LogP contribution in [0.1, 0.15) is 25.1 Å². The Bertz CT molecular complexity index is 1080. The molecular formula is C21H20F3NO4. The minimum absolute atomic E-state index is 0.317. The number of benzene rings is 2. The lowest BCUT2D eigenvalue weighted by molar-refractivity contribution is -0.274. The first kappa shape index (κ1) is 20.6. The van der Waals surface area contributed by atoms with Crippen LogP contribution in [0.25, 0.3) is 16.6 Å². The van der Waals surface area contributed by atoms with Crippen molar-refractivity contribution in [3.63, 3.8) is 0 Å². The average Bonchev–Trinajstić information content (AvgIpc) is 2.83. The molecule has 29 heavy (non-hydrogen) atoms. The van der Waals surface area contributed by atoms with Crippen LogP contribution < -0.4 is 9.47 Å². The van der Waals surface area contributed by atoms with Crippen molar-refractivity contribution in [2.75, 3.05) is 0 Å². The molecule has 1 heterocycles. The van der Waals surface area contributed by atoms with E-state index in [2.05, 4.69) is 4.74 Å². The number of aliphatic carboxylic acids is 1. The lowest BCUT2D eigenvalue weighted by atomic mass is 10.1. The van der Waals surface area contributed by atoms with E-state index in [1.54, 1.807) is 34.9 Å². The molecule has 0 saturated heterocycles. The van der Waals surface area contributed by atoms with Gasteiger partial charge in [-0.1, -0.05) is 6.07 Å². The van der Waals surface area contributed by atoms with Crippen LogP contribution in [0.15, 0.2) is 42.5 Å². The summed E-state index contributed by atoms with van der Waals surface area (Å²) in [6, 6.07) is 10.9. The highest BCUT2D eigenvalue weighted by Crippen LogP contribution is 2.34. The molecule has 0 spiro atoms. The zero-order valence-corrected chi connectivity index (χ0v) is 16.3. The van der Waals surface area contributed by atoms with E-state index in [0.29, 0.717) is 17.0 Å². The summed E-state index contributed by atoms with van der Waals surface area (Å²) in [4.78, 5) is 11.3. The molecule has 0 fully saturated rings. The van der Waals surface area contributed by atoms with Crippen LogP contribution in [0.4, 0.5) is 13.2 Å². The fourth-order valence-corrected chi connectivity index (χ4v) is 3.11. The van der Waals surface area contributed by atoms with Gasteiger partial charge in [-0.15, -0.1) is 13.2 Å². The summed E-state index contributed by atoms with van der Waals surface area (Å²) in [6.45, 7) is 6.60. The second-order valence-corrected chi connectivity index (χ2v) is 7.19. The first-order valence-corrected chi connectivity index (χ1v) is 8.79. The van der Waals surface area contributed by atoms with Gasteiger partial charge in [-0.3, -0.25) is 0 Å². The van der Waals surface area contributed by atoms with Crippen LogP contribution in [0.5, 0.6) is 11.5 Å². The third-order valence-electron chi connectivity index (χ3n) is 4.69. The molecule has 0 aliphatic heterocycles. The summed E-state index contributed by atoms with van der Waals surface area (Å²) in [5.41, 5.74) is 1.48. The van der Waals surface area contributed by atoms with Gasteiger partial charge in [0.15, 0.2) is 5.60 Å². The second kappa shape index (κ2) is 7.02. The summed E-state index contributed by atoms with van der Waals surface area (Å²) >= 11 is 0. The standard InChI is InChI=1S/C21H20F3NO4/c1-12-13(2)25(18-11-16(8-9-17(12)18)29-21(22,23)24)14-6-5-7-15(10-14)28-20(3,4)19(26)27/h5-11H,1-4H3,(H,26,27). The highest BCUT2D eigenvalue weighted by atomic mass is 19.4. The van der Waals surface area contributed by atoms with Crippen molar-refractivity contribution in [3.8, 4) is 17.2 Å². The molecule has 0 aliphatic carbocycles. The fraction of sp³-hybridized carbons (Fsp3) is 0.286. The van der Waals surface area contributed by atoms with Crippen molar-refractivity contribution in [1.82, 2.24) is 4.57 Å². The van der Waals surface area contributed by atoms with E-state index in [-0.39, 0.29) is 5.75 Å². The number of aromatic nitrogens is 1. The van der Waals surface area contributed by atoms with Crippen LogP contribution in [-0.4, -0.2) is 27.6 Å². The number of nitrogens with zero attached hydrogens (tertiary/aromatic N) is 1. The molecule has 1 N–H and O–H groups in total. The van der Waals surface area contributed by atoms with Crippen molar-refractivity contribution in [3.05, 3.63) is 53.7 Å². The SMILES string of the molecule is Cc1c(C)n(-c2cccc(OC(C)(C)C(=O)O)c2)c2cc(OC(F)(F)F)ccc12. The van der Waals surface area contributed by atoms with E-state index in [4.69, 9.17) is 4.74 Å². The van der Waals surface area contributed by atoms with E-state index in [0.717, 1.165) is 16.6 Å². The van der Waals surface area contributed by atoms with Crippen molar-refractivity contribution in [1.29, 1.82) is 0 Å². The van der Waals surface area contributed by atoms with Gasteiger partial charge >= 0.3 is 12.3 Å². The van der Waals surface area contributed by atoms with Gasteiger partial charge in [0.25, 0.3) is 0 Å². The topological polar surface area (TPSA) is 60.7 Å². The number of carboxylic acid groups (broad SMARTS) is 1. The minimum atomic E-state index is -4.79. The molecule has 0 bridgehead atoms. The van der Waals surface area contributed by atoms with E-state index >= 15 is 0 Å². The lowest BCUT2D eigenvalue weighted by Crippen LogP contribution is -2.37. The number of halogens is 3. The molecule has 0 unspecified atom stereocenters. The third kappa shape index (κ3) is 4.16. The lowest BCUT2D eigenvalue weighted by Gasteiger charge is -2.22. The fourth-order valence-electron chi connectivity index (χ4n) is 3.11. The van der Waals surface area contributed by atoms with Crippen LogP contribution >= 0.6 is 0 Å². The Balaban J connectivity index is 2.12. The summed E-state index contributed by atoms with van der Waals surface area (Å²) in [5, 5.41) is 10.1. The Morgan fingerprint density at radius 3 is 2.28 bits per heavy atom. The summed E-state index contributed by atoms with van der Waals surface area (Å²) < 4.78 is 49.3. The van der Waals surface area contributed by atoms with Crippen molar-refractivity contribution in [2.45, 2.75) is 39.7 Å². The molecule has 154 valence electrons. The first-order valence-electron chi connectivity index (χ1n) is 8.79. The molecule has 5 nitrogen and oxygen atoms in total. The molecule has 3 aromatic rings. The Kier molecular flexibility index (Phi) is 4.98. The van der Waals surface area contributed by atoms with E-state index in [9.17, 15) is 23.1 Å². The number of carboxylic acids is 1. The van der Waals surface area contributed by atoms with Crippen molar-refractivity contribution in [2.24, 2.45) is 0 Å². The predicted octanol–water partition coefficient (Wildman–Crippen LogP) is 5.39. The summed E-state index contributed by atoms with van der Waals surface area (Å²) in [7, 11) is 0. The predicted molar refractivity (Wildman–Crippen MR) is 102 cm³/mol. The molecule has 1 aromatic heterocycles. The third-order valence-corrected chi connectivity index (χ3v) is 4.69. The smallest absolute Gasteiger partial charge is 0.478 e. The molecule has 2 aromatic carbocycles. The van der Waals surface area contributed by atoms with Crippen LogP contribution in [0, 0.1) is 13.8 Å². The maximum absolute atomic E-state index is 12.6. The number of aryl methyl sites for hydroxylation is 1. The molecule has 0 aliphatic rings. The number of fused-ring (bicyclic) bond motifs is 1. The molecule has 3 rings (SSSR count). The maximum Gasteiger partial charge on any atom is 0.573 e. The normalized spacial score (nSPS) is 12.2. The molecule has 0 radical (unpaired) electrons. The highest BCUT2D eigenvalue weighted by molar-refractivity contribution is 5.88. The first-order chi connectivity index (χ1) is 13.4. The van der Waals surface area contributed by atoms with Gasteiger partial charge in [-0.05, 0) is 57.5 Å². The second-order valence-electron chi connectivity index (χ2n) is 7.19. The number of rotatable bonds is 5. The summed E-state index contributed by atoms with van der Waals surface area (Å²) in [5.74, 6) is -1.10. The Hall–Kier alpha value is -3.16. The number of hydrogen-bond acceptors (Lipinski definition) is 3. The number of alkyl halides is 3. The van der Waals surface area contributed by atoms with Crippen LogP contribution in [0.2, 0.25) is 0 Å². The average molecular weight is 407 g/mol. The Morgan fingerprint density at radius 2 is 1.66 bits per heavy atom. The van der Waals surface area contributed by atoms with Crippen molar-refractivity contribution < 1.29 is 32.5 Å². The molecule has 0 amide bonds. The van der Waals surface area contributed by atoms with E-state index < -0.39 is 17.9 Å². The Morgan fingerprint density at radius 1 is 1.00 bits per heavy atom. The van der Waals surface area contributed by atoms with E-state index in [1.807, 2.05) is 13.8 Å². The molecule has 0 saturated carbocycles. The number of hydrogen-bond donors (Lipinski definition) is 1. The maximum atomic E-state index is 12.6. The zero-order chi connectivity index (χ0) is 21.6. The van der Waals surface area contributed by atoms with Crippen LogP contribution in [-0.2, 0) is 4.79 Å². The number of ether oxygens (including phenoxy) is 2. The molecular weight excluding hydrogens is 387 g/mol. The van der Waals surface area contributed by atoms with Crippen LogP contribution in [0.3, 0.4) is 0 Å². The molecule has 0 atom stereocenters. The quantitative estimate of drug-likeness (QED) is 0.616. The van der Waals surface area contributed by atoms with Gasteiger partial charge in [0.2, 0.25) is 0 Å². The van der Waals surface area contributed by atoms with Gasteiger partial charge in [0.05, 0.1) is 5.52 Å². The van der Waals surface area contributed by atoms with E-state index in [1.165, 1.54) is 26.0 Å². The van der Waals surface area contributed by atoms with Gasteiger partial charge in [-0.25, -0.2) is 4.79 Å². The minimum Gasteiger partial charge on any atom is -0.478 e. The largest absolute Gasteiger partial charge is 0.573 e. The number of carbonyl (C=O) groups is 1. The molecule has 8 heteroatoms. The van der Waals surface area contributed by atoms with Gasteiger partial charge in [0, 0.05) is 28.9 Å². The van der Waals surface area contributed by atoms with Crippen molar-refractivity contribution >= 4 is 16.9 Å². The summed E-state index contributed by atoms with van der Waals surface area (Å²) in [6.07, 6.45) is -4.79.